The van der Waals surface area contributed by atoms with Gasteiger partial charge >= 0.3 is 0 Å². The van der Waals surface area contributed by atoms with Gasteiger partial charge < -0.3 is 9.64 Å². The van der Waals surface area contributed by atoms with Crippen LogP contribution in [-0.2, 0) is 4.74 Å². The van der Waals surface area contributed by atoms with Gasteiger partial charge in [0.15, 0.2) is 0 Å². The van der Waals surface area contributed by atoms with Crippen molar-refractivity contribution in [3.63, 3.8) is 0 Å². The SMILES string of the molecule is CCN1CCC(OC(c2ccccc2)c2ccccc2)CC1. The van der Waals surface area contributed by atoms with Gasteiger partial charge in [0, 0.05) is 13.1 Å². The van der Waals surface area contributed by atoms with E-state index in [-0.39, 0.29) is 6.10 Å². The molecule has 1 saturated heterocycles. The molecular weight excluding hydrogens is 270 g/mol. The lowest BCUT2D eigenvalue weighted by Gasteiger charge is -2.33. The summed E-state index contributed by atoms with van der Waals surface area (Å²) in [5.41, 5.74) is 2.48. The molecule has 0 N–H and O–H groups in total. The van der Waals surface area contributed by atoms with Crippen LogP contribution < -0.4 is 0 Å². The van der Waals surface area contributed by atoms with Crippen molar-refractivity contribution < 1.29 is 4.74 Å². The fourth-order valence-corrected chi connectivity index (χ4v) is 3.16. The number of piperidine rings is 1. The zero-order valence-electron chi connectivity index (χ0n) is 13.3. The van der Waals surface area contributed by atoms with Gasteiger partial charge in [-0.15, -0.1) is 0 Å². The highest BCUT2D eigenvalue weighted by Crippen LogP contribution is 2.29. The molecule has 0 atom stereocenters. The predicted molar refractivity (Wildman–Crippen MR) is 90.9 cm³/mol. The van der Waals surface area contributed by atoms with Crippen molar-refractivity contribution >= 4 is 0 Å². The molecule has 2 aromatic carbocycles. The molecular formula is C20H25NO. The fourth-order valence-electron chi connectivity index (χ4n) is 3.16. The maximum Gasteiger partial charge on any atom is 0.108 e. The Morgan fingerprint density at radius 2 is 1.41 bits per heavy atom. The Morgan fingerprint density at radius 3 is 1.86 bits per heavy atom. The number of rotatable bonds is 5. The first kappa shape index (κ1) is 15.3. The van der Waals surface area contributed by atoms with Crippen molar-refractivity contribution in [2.45, 2.75) is 32.0 Å². The van der Waals surface area contributed by atoms with Gasteiger partial charge in [-0.3, -0.25) is 0 Å². The molecule has 0 saturated carbocycles. The first-order valence-electron chi connectivity index (χ1n) is 8.34. The summed E-state index contributed by atoms with van der Waals surface area (Å²) in [7, 11) is 0. The van der Waals surface area contributed by atoms with Gasteiger partial charge in [-0.25, -0.2) is 0 Å². The van der Waals surface area contributed by atoms with E-state index in [9.17, 15) is 0 Å². The Bertz CT molecular complexity index is 507. The van der Waals surface area contributed by atoms with Gasteiger partial charge in [-0.05, 0) is 30.5 Å². The first-order chi connectivity index (χ1) is 10.9. The Hall–Kier alpha value is -1.64. The number of nitrogens with zero attached hydrogens (tertiary/aromatic N) is 1. The predicted octanol–water partition coefficient (Wildman–Crippen LogP) is 4.28. The highest BCUT2D eigenvalue weighted by molar-refractivity contribution is 5.30. The molecule has 2 nitrogen and oxygen atoms in total. The Labute approximate surface area is 133 Å². The van der Waals surface area contributed by atoms with Gasteiger partial charge in [0.1, 0.15) is 6.10 Å². The van der Waals surface area contributed by atoms with E-state index in [4.69, 9.17) is 4.74 Å². The van der Waals surface area contributed by atoms with E-state index in [1.165, 1.54) is 11.1 Å². The third-order valence-electron chi connectivity index (χ3n) is 4.51. The zero-order chi connectivity index (χ0) is 15.2. The summed E-state index contributed by atoms with van der Waals surface area (Å²) in [5.74, 6) is 0. The molecule has 3 rings (SSSR count). The minimum atomic E-state index is 0.0422. The molecule has 0 bridgehead atoms. The highest BCUT2D eigenvalue weighted by atomic mass is 16.5. The quantitative estimate of drug-likeness (QED) is 0.816. The molecule has 0 amide bonds. The van der Waals surface area contributed by atoms with Gasteiger partial charge in [0.25, 0.3) is 0 Å². The van der Waals surface area contributed by atoms with E-state index in [0.29, 0.717) is 6.10 Å². The molecule has 0 unspecified atom stereocenters. The van der Waals surface area contributed by atoms with Gasteiger partial charge in [0.2, 0.25) is 0 Å². The average molecular weight is 295 g/mol. The summed E-state index contributed by atoms with van der Waals surface area (Å²) in [4.78, 5) is 2.50. The van der Waals surface area contributed by atoms with E-state index < -0.39 is 0 Å². The van der Waals surface area contributed by atoms with Crippen LogP contribution in [0.3, 0.4) is 0 Å². The zero-order valence-corrected chi connectivity index (χ0v) is 13.3. The number of benzene rings is 2. The maximum atomic E-state index is 6.53. The highest BCUT2D eigenvalue weighted by Gasteiger charge is 2.23. The molecule has 2 heteroatoms. The van der Waals surface area contributed by atoms with Gasteiger partial charge in [-0.2, -0.15) is 0 Å². The molecule has 2 aromatic rings. The van der Waals surface area contributed by atoms with Crippen LogP contribution in [0.15, 0.2) is 60.7 Å². The first-order valence-corrected chi connectivity index (χ1v) is 8.34. The van der Waals surface area contributed by atoms with Crippen molar-refractivity contribution in [3.8, 4) is 0 Å². The Morgan fingerprint density at radius 1 is 0.909 bits per heavy atom. The average Bonchev–Trinajstić information content (AvgIpc) is 2.62. The van der Waals surface area contributed by atoms with Crippen molar-refractivity contribution in [2.24, 2.45) is 0 Å². The van der Waals surface area contributed by atoms with Crippen molar-refractivity contribution in [1.29, 1.82) is 0 Å². The molecule has 0 aliphatic carbocycles. The minimum absolute atomic E-state index is 0.0422. The summed E-state index contributed by atoms with van der Waals surface area (Å²) < 4.78 is 6.53. The number of hydrogen-bond donors (Lipinski definition) is 0. The van der Waals surface area contributed by atoms with E-state index in [0.717, 1.165) is 32.5 Å². The largest absolute Gasteiger partial charge is 0.365 e. The van der Waals surface area contributed by atoms with E-state index in [1.807, 2.05) is 0 Å². The lowest BCUT2D eigenvalue weighted by atomic mass is 10.00. The summed E-state index contributed by atoms with van der Waals surface area (Å²) in [6.45, 7) is 5.68. The maximum absolute atomic E-state index is 6.53. The summed E-state index contributed by atoms with van der Waals surface area (Å²) >= 11 is 0. The van der Waals surface area contributed by atoms with E-state index in [2.05, 4.69) is 72.5 Å². The monoisotopic (exact) mass is 295 g/mol. The summed E-state index contributed by atoms with van der Waals surface area (Å²) in [6, 6.07) is 21.2. The Kier molecular flexibility index (Phi) is 5.25. The van der Waals surface area contributed by atoms with Crippen LogP contribution in [0, 0.1) is 0 Å². The fraction of sp³-hybridized carbons (Fsp3) is 0.400. The lowest BCUT2D eigenvalue weighted by Crippen LogP contribution is -2.37. The molecule has 1 aliphatic heterocycles. The van der Waals surface area contributed by atoms with Crippen LogP contribution >= 0.6 is 0 Å². The summed E-state index contributed by atoms with van der Waals surface area (Å²) in [5, 5.41) is 0. The van der Waals surface area contributed by atoms with Crippen molar-refractivity contribution in [2.75, 3.05) is 19.6 Å². The lowest BCUT2D eigenvalue weighted by molar-refractivity contribution is -0.0262. The van der Waals surface area contributed by atoms with Crippen molar-refractivity contribution in [1.82, 2.24) is 4.90 Å². The third-order valence-corrected chi connectivity index (χ3v) is 4.51. The molecule has 0 radical (unpaired) electrons. The summed E-state index contributed by atoms with van der Waals surface area (Å²) in [6.07, 6.45) is 2.65. The van der Waals surface area contributed by atoms with Crippen LogP contribution in [-0.4, -0.2) is 30.6 Å². The standard InChI is InChI=1S/C20H25NO/c1-2-21-15-13-19(14-16-21)22-20(17-9-5-3-6-10-17)18-11-7-4-8-12-18/h3-12,19-20H,2,13-16H2,1H3. The molecule has 1 fully saturated rings. The van der Waals surface area contributed by atoms with Crippen LogP contribution in [0.5, 0.6) is 0 Å². The second-order valence-electron chi connectivity index (χ2n) is 5.97. The molecule has 116 valence electrons. The van der Waals surface area contributed by atoms with Crippen LogP contribution in [0.2, 0.25) is 0 Å². The smallest absolute Gasteiger partial charge is 0.108 e. The Balaban J connectivity index is 1.75. The van der Waals surface area contributed by atoms with E-state index >= 15 is 0 Å². The molecule has 1 heterocycles. The third kappa shape index (κ3) is 3.76. The molecule has 1 aliphatic rings. The molecule has 22 heavy (non-hydrogen) atoms. The second kappa shape index (κ2) is 7.57. The van der Waals surface area contributed by atoms with Crippen molar-refractivity contribution in [3.05, 3.63) is 71.8 Å². The van der Waals surface area contributed by atoms with Crippen LogP contribution in [0.1, 0.15) is 37.0 Å². The normalized spacial score (nSPS) is 17.0. The number of ether oxygens (including phenoxy) is 1. The van der Waals surface area contributed by atoms with Gasteiger partial charge in [-0.1, -0.05) is 67.6 Å². The topological polar surface area (TPSA) is 12.5 Å². The van der Waals surface area contributed by atoms with Crippen LogP contribution in [0.25, 0.3) is 0 Å². The minimum Gasteiger partial charge on any atom is -0.365 e. The van der Waals surface area contributed by atoms with E-state index in [1.54, 1.807) is 0 Å². The second-order valence-corrected chi connectivity index (χ2v) is 5.97. The van der Waals surface area contributed by atoms with Crippen LogP contribution in [0.4, 0.5) is 0 Å². The van der Waals surface area contributed by atoms with Gasteiger partial charge in [0.05, 0.1) is 6.10 Å². The molecule has 0 aromatic heterocycles. The number of hydrogen-bond acceptors (Lipinski definition) is 2. The molecule has 0 spiro atoms. The number of likely N-dealkylation sites (tertiary alicyclic amines) is 1.